The van der Waals surface area contributed by atoms with Crippen LogP contribution in [0, 0.1) is 23.7 Å². The Kier molecular flexibility index (Phi) is 26.5. The summed E-state index contributed by atoms with van der Waals surface area (Å²) in [7, 11) is 5.53. The zero-order valence-corrected chi connectivity index (χ0v) is 54.4. The summed E-state index contributed by atoms with van der Waals surface area (Å²) in [4.78, 5) is 51.5. The molecule has 8 rings (SSSR count). The van der Waals surface area contributed by atoms with Gasteiger partial charge in [0.2, 0.25) is 0 Å². The lowest BCUT2D eigenvalue weighted by atomic mass is 9.80. The van der Waals surface area contributed by atoms with E-state index in [1.165, 1.54) is 28.4 Å². The highest BCUT2D eigenvalue weighted by atomic mass is 16.6. The maximum Gasteiger partial charge on any atom is 0.343 e. The molecule has 0 heterocycles. The minimum atomic E-state index is -0.944. The van der Waals surface area contributed by atoms with Crippen LogP contribution in [0.4, 0.5) is 0 Å². The van der Waals surface area contributed by atoms with Crippen LogP contribution < -0.4 is 37.9 Å². The van der Waals surface area contributed by atoms with Gasteiger partial charge in [-0.2, -0.15) is 0 Å². The Hall–Kier alpha value is -11.7. The van der Waals surface area contributed by atoms with E-state index < -0.39 is 92.9 Å². The van der Waals surface area contributed by atoms with Gasteiger partial charge in [-0.3, -0.25) is 0 Å². The van der Waals surface area contributed by atoms with E-state index in [0.717, 1.165) is 48.5 Å². The number of aliphatic hydroxyl groups excluding tert-OH is 4. The molecule has 0 saturated carbocycles. The van der Waals surface area contributed by atoms with E-state index in [1.54, 1.807) is 72.8 Å². The van der Waals surface area contributed by atoms with Crippen molar-refractivity contribution in [1.29, 1.82) is 0 Å². The number of hydrogen-bond acceptors (Lipinski definition) is 28. The smallest absolute Gasteiger partial charge is 0.343 e. The van der Waals surface area contributed by atoms with Crippen molar-refractivity contribution in [2.75, 3.05) is 54.9 Å². The lowest BCUT2D eigenvalue weighted by molar-refractivity contribution is 0.0719. The molecule has 0 saturated heterocycles. The summed E-state index contributed by atoms with van der Waals surface area (Å²) >= 11 is 0. The van der Waals surface area contributed by atoms with Gasteiger partial charge in [-0.15, -0.1) is 0 Å². The quantitative estimate of drug-likeness (QED) is 0.0114. The zero-order valence-electron chi connectivity index (χ0n) is 54.4. The lowest BCUT2D eigenvalue weighted by Crippen LogP contribution is -2.24. The molecular formula is C72H76O28. The van der Waals surface area contributed by atoms with Crippen molar-refractivity contribution in [1.82, 2.24) is 0 Å². The third kappa shape index (κ3) is 19.3. The molecule has 0 spiro atoms. The van der Waals surface area contributed by atoms with Crippen molar-refractivity contribution in [3.05, 3.63) is 166 Å². The van der Waals surface area contributed by atoms with Crippen LogP contribution in [-0.4, -0.2) is 160 Å². The Bertz CT molecular complexity index is 3850. The zero-order chi connectivity index (χ0) is 73.1. The van der Waals surface area contributed by atoms with Crippen molar-refractivity contribution in [2.24, 2.45) is 23.7 Å². The minimum absolute atomic E-state index is 0.0301. The molecule has 0 aliphatic heterocycles. The van der Waals surface area contributed by atoms with E-state index in [1.807, 2.05) is 0 Å². The number of benzene rings is 8. The van der Waals surface area contributed by atoms with E-state index >= 15 is 0 Å². The highest BCUT2D eigenvalue weighted by Gasteiger charge is 2.28. The van der Waals surface area contributed by atoms with Gasteiger partial charge in [0.05, 0.1) is 50.7 Å². The third-order valence-electron chi connectivity index (χ3n) is 16.2. The molecule has 16 N–H and O–H groups in total. The molecule has 8 aromatic carbocycles. The second kappa shape index (κ2) is 35.0. The number of methoxy groups -OCH3 is 4. The van der Waals surface area contributed by atoms with Gasteiger partial charge < -0.3 is 120 Å². The van der Waals surface area contributed by atoms with Gasteiger partial charge in [-0.1, -0.05) is 24.3 Å². The summed E-state index contributed by atoms with van der Waals surface area (Å²) in [5.74, 6) is -12.7. The number of carbonyl (C=O) groups excluding carboxylic acids is 4. The number of aromatic hydroxyl groups is 12. The Morgan fingerprint density at radius 3 is 0.670 bits per heavy atom. The first-order valence-electron chi connectivity index (χ1n) is 30.8. The van der Waals surface area contributed by atoms with Crippen LogP contribution in [0.3, 0.4) is 0 Å². The van der Waals surface area contributed by atoms with Gasteiger partial charge in [-0.05, 0) is 194 Å². The lowest BCUT2D eigenvalue weighted by Gasteiger charge is -2.26. The first-order chi connectivity index (χ1) is 47.8. The van der Waals surface area contributed by atoms with Crippen molar-refractivity contribution in [3.63, 3.8) is 0 Å². The van der Waals surface area contributed by atoms with Gasteiger partial charge in [-0.25, -0.2) is 19.2 Å². The Balaban J connectivity index is 0.000000281. The Morgan fingerprint density at radius 2 is 0.490 bits per heavy atom. The molecule has 0 aromatic heterocycles. The predicted molar refractivity (Wildman–Crippen MR) is 353 cm³/mol. The Morgan fingerprint density at radius 1 is 0.290 bits per heavy atom. The largest absolute Gasteiger partial charge is 0.504 e. The standard InChI is InChI=1S/2C36H38O14/c2*1-47-29-7-5-19(12-31(29)49-35(45)22-14-25(39)33(43)26(40)15-22)10-21(4-3-9-37)24(18-38)11-20-6-8-30(48-2)32(13-20)50-36(46)23-16-27(41)34(44)28(42)17-23/h2*5-8,12-17,21,24,37-44H,3-4,9-11,18H2,1-2H3/t2*21-,24+/m10/s1. The van der Waals surface area contributed by atoms with E-state index in [2.05, 4.69) is 0 Å². The van der Waals surface area contributed by atoms with Gasteiger partial charge in [0.25, 0.3) is 0 Å². The SMILES string of the molecule is COc1ccc(C[C@@H](CO)[C@H](CCCO)Cc2ccc(OC)c(OC(=O)c3cc(O)c(O)c(O)c3)c2)cc1OC(=O)c1cc(O)c(O)c(O)c1.COc1ccc(C[C@H](CO)[C@@H](CCCO)Cc2ccc(OC)c(OC(=O)c3cc(O)c(O)c(O)c3)c2)cc1OC(=O)c1cc(O)c(O)c(O)c1. The molecule has 0 bridgehead atoms. The number of phenolic OH excluding ortho intramolecular Hbond substituents is 12. The molecule has 28 heteroatoms. The maximum absolute atomic E-state index is 12.9. The van der Waals surface area contributed by atoms with E-state index in [4.69, 9.17) is 37.9 Å². The summed E-state index contributed by atoms with van der Waals surface area (Å²) in [6, 6.07) is 27.2. The number of carbonyl (C=O) groups is 4. The van der Waals surface area contributed by atoms with Crippen LogP contribution in [0.5, 0.6) is 115 Å². The fraction of sp³-hybridized carbons (Fsp3) is 0.278. The number of hydrogen-bond donors (Lipinski definition) is 16. The Labute approximate surface area is 571 Å². The van der Waals surface area contributed by atoms with Gasteiger partial charge in [0.15, 0.2) is 115 Å². The fourth-order valence-corrected chi connectivity index (χ4v) is 10.9. The molecule has 0 unspecified atom stereocenters. The topological polar surface area (TPSA) is 466 Å². The average Bonchev–Trinajstić information content (AvgIpc) is 0.832. The number of aliphatic hydroxyl groups is 4. The minimum Gasteiger partial charge on any atom is -0.504 e. The molecule has 0 radical (unpaired) electrons. The van der Waals surface area contributed by atoms with Crippen LogP contribution in [0.2, 0.25) is 0 Å². The summed E-state index contributed by atoms with van der Waals surface area (Å²) in [5.41, 5.74) is 1.83. The third-order valence-corrected chi connectivity index (χ3v) is 16.2. The van der Waals surface area contributed by atoms with Gasteiger partial charge in [0, 0.05) is 26.4 Å². The first kappa shape index (κ1) is 75.7. The molecule has 0 fully saturated rings. The molecule has 532 valence electrons. The molecule has 8 aromatic rings. The molecule has 0 aliphatic rings. The molecular weight excluding hydrogens is 1310 g/mol. The number of ether oxygens (including phenoxy) is 8. The van der Waals surface area contributed by atoms with Crippen molar-refractivity contribution in [3.8, 4) is 115 Å². The van der Waals surface area contributed by atoms with Gasteiger partial charge >= 0.3 is 23.9 Å². The van der Waals surface area contributed by atoms with Crippen LogP contribution in [-0.2, 0) is 25.7 Å². The van der Waals surface area contributed by atoms with Crippen LogP contribution in [0.25, 0.3) is 0 Å². The van der Waals surface area contributed by atoms with Crippen LogP contribution >= 0.6 is 0 Å². The normalized spacial score (nSPS) is 12.2. The number of rotatable bonds is 30. The maximum atomic E-state index is 12.9. The van der Waals surface area contributed by atoms with E-state index in [9.17, 15) is 101 Å². The van der Waals surface area contributed by atoms with Crippen molar-refractivity contribution >= 4 is 23.9 Å². The summed E-state index contributed by atoms with van der Waals surface area (Å²) in [6.07, 6.45) is 3.29. The van der Waals surface area contributed by atoms with Crippen molar-refractivity contribution in [2.45, 2.75) is 51.4 Å². The summed E-state index contributed by atoms with van der Waals surface area (Å²) < 4.78 is 43.5. The average molecular weight is 1390 g/mol. The second-order valence-electron chi connectivity index (χ2n) is 22.9. The van der Waals surface area contributed by atoms with E-state index in [-0.39, 0.29) is 118 Å². The first-order valence-corrected chi connectivity index (χ1v) is 30.8. The second-order valence-corrected chi connectivity index (χ2v) is 22.9. The van der Waals surface area contributed by atoms with Crippen LogP contribution in [0.1, 0.15) is 89.4 Å². The summed E-state index contributed by atoms with van der Waals surface area (Å²) in [6.45, 7) is -0.654. The number of phenols is 12. The molecule has 0 aliphatic carbocycles. The highest BCUT2D eigenvalue weighted by Crippen LogP contribution is 2.43. The van der Waals surface area contributed by atoms with Crippen LogP contribution in [0.15, 0.2) is 121 Å². The summed E-state index contributed by atoms with van der Waals surface area (Å²) in [5, 5.41) is 157. The predicted octanol–water partition coefficient (Wildman–Crippen LogP) is 8.32. The molecule has 0 amide bonds. The van der Waals surface area contributed by atoms with Crippen molar-refractivity contribution < 1.29 is 139 Å². The fourth-order valence-electron chi connectivity index (χ4n) is 10.9. The molecule has 4 atom stereocenters. The molecule has 28 nitrogen and oxygen atoms in total. The van der Waals surface area contributed by atoms with Gasteiger partial charge in [0.1, 0.15) is 0 Å². The monoisotopic (exact) mass is 1390 g/mol. The highest BCUT2D eigenvalue weighted by molar-refractivity contribution is 5.95. The molecule has 100 heavy (non-hydrogen) atoms. The van der Waals surface area contributed by atoms with E-state index in [0.29, 0.717) is 73.6 Å². The number of esters is 4.